The van der Waals surface area contributed by atoms with Gasteiger partial charge in [0.1, 0.15) is 5.82 Å². The fourth-order valence-corrected chi connectivity index (χ4v) is 3.68. The van der Waals surface area contributed by atoms with Gasteiger partial charge in [0, 0.05) is 30.4 Å². The zero-order valence-electron chi connectivity index (χ0n) is 15.7. The molecule has 1 atom stereocenters. The van der Waals surface area contributed by atoms with E-state index >= 15 is 0 Å². The van der Waals surface area contributed by atoms with Crippen molar-refractivity contribution >= 4 is 11.7 Å². The van der Waals surface area contributed by atoms with Crippen LogP contribution in [0, 0.1) is 0 Å². The van der Waals surface area contributed by atoms with Crippen molar-refractivity contribution in [2.75, 3.05) is 19.2 Å². The number of carbonyl (C=O) groups is 1. The molecule has 1 N–H and O–H groups in total. The molecule has 7 nitrogen and oxygen atoms in total. The van der Waals surface area contributed by atoms with Crippen molar-refractivity contribution in [3.8, 4) is 17.2 Å². The molecule has 4 rings (SSSR count). The van der Waals surface area contributed by atoms with Crippen molar-refractivity contribution in [2.24, 2.45) is 7.05 Å². The highest BCUT2D eigenvalue weighted by Crippen LogP contribution is 2.48. The van der Waals surface area contributed by atoms with Crippen LogP contribution in [0.5, 0.6) is 17.2 Å². The Balaban J connectivity index is 1.91. The Kier molecular flexibility index (Phi) is 3.64. The number of ether oxygens (including phenoxy) is 3. The normalized spacial score (nSPS) is 18.5. The summed E-state index contributed by atoms with van der Waals surface area (Å²) >= 11 is 0. The number of aryl methyl sites for hydroxylation is 1. The summed E-state index contributed by atoms with van der Waals surface area (Å²) < 4.78 is 18.3. The van der Waals surface area contributed by atoms with E-state index in [4.69, 9.17) is 19.3 Å². The van der Waals surface area contributed by atoms with Crippen LogP contribution in [0.4, 0.5) is 5.82 Å². The highest BCUT2D eigenvalue weighted by Gasteiger charge is 2.37. The Morgan fingerprint density at radius 1 is 1.31 bits per heavy atom. The molecular weight excluding hydrogens is 334 g/mol. The Labute approximate surface area is 152 Å². The van der Waals surface area contributed by atoms with Crippen molar-refractivity contribution in [1.82, 2.24) is 9.78 Å². The number of nitrogens with one attached hydrogen (secondary N) is 1. The number of hydrogen-bond donors (Lipinski definition) is 1. The molecular formula is C19H23N3O4. The van der Waals surface area contributed by atoms with Crippen molar-refractivity contribution in [3.63, 3.8) is 0 Å². The number of aromatic nitrogens is 2. The lowest BCUT2D eigenvalue weighted by Gasteiger charge is -2.27. The zero-order chi connectivity index (χ0) is 18.6. The minimum absolute atomic E-state index is 0.0254. The molecule has 0 fully saturated rings. The number of anilines is 1. The maximum Gasteiger partial charge on any atom is 0.231 e. The van der Waals surface area contributed by atoms with E-state index in [9.17, 15) is 4.79 Å². The average Bonchev–Trinajstić information content (AvgIpc) is 3.17. The number of benzene rings is 1. The highest BCUT2D eigenvalue weighted by atomic mass is 16.7. The van der Waals surface area contributed by atoms with Gasteiger partial charge in [-0.25, -0.2) is 0 Å². The van der Waals surface area contributed by atoms with Gasteiger partial charge in [0.25, 0.3) is 0 Å². The summed E-state index contributed by atoms with van der Waals surface area (Å²) in [7, 11) is 3.46. The number of rotatable bonds is 2. The van der Waals surface area contributed by atoms with E-state index < -0.39 is 0 Å². The van der Waals surface area contributed by atoms with Gasteiger partial charge in [-0.15, -0.1) is 0 Å². The second-order valence-corrected chi connectivity index (χ2v) is 7.75. The van der Waals surface area contributed by atoms with Gasteiger partial charge in [0.05, 0.1) is 12.8 Å². The molecule has 0 aliphatic carbocycles. The first kappa shape index (κ1) is 16.8. The molecule has 2 aliphatic rings. The topological polar surface area (TPSA) is 74.6 Å². The fourth-order valence-electron chi connectivity index (χ4n) is 3.68. The lowest BCUT2D eigenvalue weighted by atomic mass is 9.79. The Morgan fingerprint density at radius 3 is 2.77 bits per heavy atom. The summed E-state index contributed by atoms with van der Waals surface area (Å²) in [5.74, 6) is 2.48. The standard InChI is InChI=1S/C19H23N3O4/c1-19(2,3)17-15-11(8-14(23)20-18(15)22(4)21-17)10-6-12(24-5)16-13(7-10)25-9-26-16/h6-7,11H,8-9H2,1-5H3,(H,20,23). The van der Waals surface area contributed by atoms with Gasteiger partial charge < -0.3 is 19.5 Å². The quantitative estimate of drug-likeness (QED) is 0.894. The van der Waals surface area contributed by atoms with E-state index in [0.717, 1.165) is 22.6 Å². The summed E-state index contributed by atoms with van der Waals surface area (Å²) in [5.41, 5.74) is 2.85. The molecule has 0 radical (unpaired) electrons. The van der Waals surface area contributed by atoms with Crippen molar-refractivity contribution in [2.45, 2.75) is 38.5 Å². The summed E-state index contributed by atoms with van der Waals surface area (Å²) in [6.45, 7) is 6.56. The Bertz CT molecular complexity index is 895. The third kappa shape index (κ3) is 2.50. The molecule has 0 bridgehead atoms. The average molecular weight is 357 g/mol. The van der Waals surface area contributed by atoms with Gasteiger partial charge in [-0.2, -0.15) is 5.10 Å². The minimum atomic E-state index is -0.147. The van der Waals surface area contributed by atoms with Crippen LogP contribution < -0.4 is 19.5 Å². The molecule has 138 valence electrons. The predicted molar refractivity (Wildman–Crippen MR) is 96.1 cm³/mol. The third-order valence-electron chi connectivity index (χ3n) is 4.87. The van der Waals surface area contributed by atoms with Gasteiger partial charge in [0.15, 0.2) is 11.5 Å². The molecule has 1 aromatic heterocycles. The SMILES string of the molecule is COc1cc(C2CC(=O)Nc3c2c(C(C)(C)C)nn3C)cc2c1OCO2. The lowest BCUT2D eigenvalue weighted by molar-refractivity contribution is -0.116. The fraction of sp³-hybridized carbons (Fsp3) is 0.474. The van der Waals surface area contributed by atoms with Gasteiger partial charge in [-0.3, -0.25) is 9.48 Å². The molecule has 0 spiro atoms. The molecule has 2 aromatic rings. The molecule has 2 aliphatic heterocycles. The van der Waals surface area contributed by atoms with Crippen molar-refractivity contribution in [3.05, 3.63) is 29.0 Å². The first-order chi connectivity index (χ1) is 12.3. The molecule has 1 amide bonds. The number of hydrogen-bond acceptors (Lipinski definition) is 5. The molecule has 3 heterocycles. The second kappa shape index (κ2) is 5.65. The van der Waals surface area contributed by atoms with Gasteiger partial charge in [0.2, 0.25) is 18.4 Å². The molecule has 0 saturated heterocycles. The maximum atomic E-state index is 12.4. The van der Waals surface area contributed by atoms with Crippen LogP contribution in [0.25, 0.3) is 0 Å². The highest BCUT2D eigenvalue weighted by molar-refractivity contribution is 5.94. The molecule has 26 heavy (non-hydrogen) atoms. The predicted octanol–water partition coefficient (Wildman–Crippen LogP) is 2.93. The van der Waals surface area contributed by atoms with E-state index in [1.807, 2.05) is 19.2 Å². The van der Waals surface area contributed by atoms with E-state index in [1.165, 1.54) is 0 Å². The first-order valence-electron chi connectivity index (χ1n) is 8.64. The molecule has 1 unspecified atom stereocenters. The number of nitrogens with zero attached hydrogens (tertiary/aromatic N) is 2. The second-order valence-electron chi connectivity index (χ2n) is 7.75. The minimum Gasteiger partial charge on any atom is -0.493 e. The van der Waals surface area contributed by atoms with Crippen molar-refractivity contribution < 1.29 is 19.0 Å². The van der Waals surface area contributed by atoms with Crippen LogP contribution in [0.1, 0.15) is 49.9 Å². The monoisotopic (exact) mass is 357 g/mol. The smallest absolute Gasteiger partial charge is 0.231 e. The number of methoxy groups -OCH3 is 1. The van der Waals surface area contributed by atoms with Crippen LogP contribution >= 0.6 is 0 Å². The van der Waals surface area contributed by atoms with Gasteiger partial charge in [-0.05, 0) is 17.7 Å². The Hall–Kier alpha value is -2.70. The third-order valence-corrected chi connectivity index (χ3v) is 4.87. The Morgan fingerprint density at radius 2 is 2.08 bits per heavy atom. The van der Waals surface area contributed by atoms with Crippen LogP contribution in [0.15, 0.2) is 12.1 Å². The maximum absolute atomic E-state index is 12.4. The van der Waals surface area contributed by atoms with Crippen LogP contribution in [-0.4, -0.2) is 29.6 Å². The summed E-state index contributed by atoms with van der Waals surface area (Å²) in [5, 5.41) is 7.68. The summed E-state index contributed by atoms with van der Waals surface area (Å²) in [6, 6.07) is 3.87. The van der Waals surface area contributed by atoms with E-state index in [-0.39, 0.29) is 24.0 Å². The van der Waals surface area contributed by atoms with Crippen molar-refractivity contribution in [1.29, 1.82) is 0 Å². The van der Waals surface area contributed by atoms with Gasteiger partial charge in [-0.1, -0.05) is 20.8 Å². The molecule has 0 saturated carbocycles. The van der Waals surface area contributed by atoms with Crippen LogP contribution in [0.2, 0.25) is 0 Å². The molecule has 1 aromatic carbocycles. The first-order valence-corrected chi connectivity index (χ1v) is 8.64. The zero-order valence-corrected chi connectivity index (χ0v) is 15.7. The number of amides is 1. The van der Waals surface area contributed by atoms with Gasteiger partial charge >= 0.3 is 0 Å². The summed E-state index contributed by atoms with van der Waals surface area (Å²) in [4.78, 5) is 12.4. The lowest BCUT2D eigenvalue weighted by Crippen LogP contribution is -2.26. The number of carbonyl (C=O) groups excluding carboxylic acids is 1. The summed E-state index contributed by atoms with van der Waals surface area (Å²) in [6.07, 6.45) is 0.352. The van der Waals surface area contributed by atoms with E-state index in [2.05, 4.69) is 26.1 Å². The van der Waals surface area contributed by atoms with Crippen LogP contribution in [-0.2, 0) is 17.3 Å². The van der Waals surface area contributed by atoms with E-state index in [1.54, 1.807) is 11.8 Å². The van der Waals surface area contributed by atoms with Crippen LogP contribution in [0.3, 0.4) is 0 Å². The van der Waals surface area contributed by atoms with E-state index in [0.29, 0.717) is 23.7 Å². The molecule has 7 heteroatoms. The number of fused-ring (bicyclic) bond motifs is 2. The largest absolute Gasteiger partial charge is 0.493 e.